The van der Waals surface area contributed by atoms with E-state index < -0.39 is 0 Å². The number of anilines is 1. The lowest BCUT2D eigenvalue weighted by molar-refractivity contribution is -0.116. The monoisotopic (exact) mass is 302 g/mol. The van der Waals surface area contributed by atoms with Crippen molar-refractivity contribution in [3.63, 3.8) is 0 Å². The fourth-order valence-electron chi connectivity index (χ4n) is 1.92. The molecular weight excluding hydrogens is 284 g/mol. The predicted octanol–water partition coefficient (Wildman–Crippen LogP) is 1.92. The van der Waals surface area contributed by atoms with Crippen molar-refractivity contribution in [3.8, 4) is 0 Å². The summed E-state index contributed by atoms with van der Waals surface area (Å²) >= 11 is 0. The van der Waals surface area contributed by atoms with Crippen molar-refractivity contribution >= 4 is 17.5 Å². The highest BCUT2D eigenvalue weighted by Gasteiger charge is 2.08. The van der Waals surface area contributed by atoms with Crippen LogP contribution in [0.25, 0.3) is 0 Å². The summed E-state index contributed by atoms with van der Waals surface area (Å²) in [5, 5.41) is 14.5. The van der Waals surface area contributed by atoms with Gasteiger partial charge in [0.05, 0.1) is 12.9 Å². The number of hydrogen-bond acceptors (Lipinski definition) is 4. The van der Waals surface area contributed by atoms with Crippen molar-refractivity contribution in [2.24, 2.45) is 0 Å². The Hall–Kier alpha value is -2.60. The van der Waals surface area contributed by atoms with E-state index in [1.165, 1.54) is 6.26 Å². The van der Waals surface area contributed by atoms with Crippen LogP contribution in [-0.2, 0) is 11.4 Å². The zero-order chi connectivity index (χ0) is 15.8. The van der Waals surface area contributed by atoms with Crippen LogP contribution in [0.1, 0.15) is 29.0 Å². The van der Waals surface area contributed by atoms with Crippen LogP contribution in [0.3, 0.4) is 0 Å². The van der Waals surface area contributed by atoms with E-state index in [1.807, 2.05) is 0 Å². The molecule has 0 aliphatic heterocycles. The van der Waals surface area contributed by atoms with E-state index in [-0.39, 0.29) is 24.2 Å². The lowest BCUT2D eigenvalue weighted by Crippen LogP contribution is -2.25. The molecule has 0 spiro atoms. The Kier molecular flexibility index (Phi) is 5.73. The van der Waals surface area contributed by atoms with Crippen molar-refractivity contribution in [1.82, 2.24) is 5.32 Å². The summed E-state index contributed by atoms with van der Waals surface area (Å²) in [6, 6.07) is 10.2. The number of nitrogens with one attached hydrogen (secondary N) is 2. The molecule has 2 rings (SSSR count). The largest absolute Gasteiger partial charge is 0.459 e. The van der Waals surface area contributed by atoms with Crippen molar-refractivity contribution < 1.29 is 19.1 Å². The molecule has 6 heteroatoms. The van der Waals surface area contributed by atoms with Gasteiger partial charge in [0.15, 0.2) is 5.76 Å². The third-order valence-corrected chi connectivity index (χ3v) is 3.00. The maximum Gasteiger partial charge on any atom is 0.286 e. The van der Waals surface area contributed by atoms with Crippen LogP contribution in [0.5, 0.6) is 0 Å². The van der Waals surface area contributed by atoms with Gasteiger partial charge in [-0.15, -0.1) is 0 Å². The molecule has 2 aromatic rings. The summed E-state index contributed by atoms with van der Waals surface area (Å²) in [5.41, 5.74) is 1.39. The Morgan fingerprint density at radius 3 is 2.77 bits per heavy atom. The summed E-state index contributed by atoms with van der Waals surface area (Å²) in [6.45, 7) is 0.326. The van der Waals surface area contributed by atoms with Crippen molar-refractivity contribution in [3.05, 3.63) is 54.0 Å². The Bertz CT molecular complexity index is 623. The minimum absolute atomic E-state index is 0.0669. The standard InChI is InChI=1S/C16H18N2O4/c19-11-12-4-1-5-13(10-12)18-15(20)7-2-8-17-16(21)14-6-3-9-22-14/h1,3-6,9-10,19H,2,7-8,11H2,(H,17,21)(H,18,20). The van der Waals surface area contributed by atoms with Gasteiger partial charge in [-0.05, 0) is 36.2 Å². The molecule has 1 aromatic heterocycles. The van der Waals surface area contributed by atoms with E-state index in [4.69, 9.17) is 9.52 Å². The van der Waals surface area contributed by atoms with Crippen LogP contribution in [0.15, 0.2) is 47.1 Å². The van der Waals surface area contributed by atoms with Crippen LogP contribution in [-0.4, -0.2) is 23.5 Å². The topological polar surface area (TPSA) is 91.6 Å². The smallest absolute Gasteiger partial charge is 0.286 e. The Morgan fingerprint density at radius 2 is 2.05 bits per heavy atom. The first-order chi connectivity index (χ1) is 10.7. The molecule has 0 atom stereocenters. The van der Waals surface area contributed by atoms with Crippen molar-refractivity contribution in [2.45, 2.75) is 19.4 Å². The first kappa shape index (κ1) is 15.8. The number of carbonyl (C=O) groups is 2. The van der Waals surface area contributed by atoms with Gasteiger partial charge < -0.3 is 20.2 Å². The third kappa shape index (κ3) is 4.75. The van der Waals surface area contributed by atoms with E-state index in [9.17, 15) is 9.59 Å². The van der Waals surface area contributed by atoms with Crippen molar-refractivity contribution in [2.75, 3.05) is 11.9 Å². The average molecular weight is 302 g/mol. The lowest BCUT2D eigenvalue weighted by atomic mass is 10.2. The molecule has 0 bridgehead atoms. The van der Waals surface area contributed by atoms with Gasteiger partial charge in [0.1, 0.15) is 0 Å². The normalized spacial score (nSPS) is 10.2. The van der Waals surface area contributed by atoms with E-state index in [2.05, 4.69) is 10.6 Å². The van der Waals surface area contributed by atoms with Crippen LogP contribution in [0.4, 0.5) is 5.69 Å². The quantitative estimate of drug-likeness (QED) is 0.681. The Labute approximate surface area is 128 Å². The number of rotatable bonds is 7. The van der Waals surface area contributed by atoms with E-state index in [1.54, 1.807) is 36.4 Å². The number of furan rings is 1. The van der Waals surface area contributed by atoms with Gasteiger partial charge in [-0.25, -0.2) is 0 Å². The minimum atomic E-state index is -0.291. The van der Waals surface area contributed by atoms with E-state index in [0.717, 1.165) is 5.56 Å². The molecule has 3 N–H and O–H groups in total. The first-order valence-corrected chi connectivity index (χ1v) is 7.00. The van der Waals surface area contributed by atoms with Gasteiger partial charge in [0.2, 0.25) is 5.91 Å². The van der Waals surface area contributed by atoms with Gasteiger partial charge in [-0.2, -0.15) is 0 Å². The summed E-state index contributed by atoms with van der Waals surface area (Å²) < 4.78 is 4.96. The molecule has 1 heterocycles. The molecule has 6 nitrogen and oxygen atoms in total. The Morgan fingerprint density at radius 1 is 1.18 bits per heavy atom. The molecule has 0 aliphatic rings. The van der Waals surface area contributed by atoms with Gasteiger partial charge in [0, 0.05) is 18.7 Å². The van der Waals surface area contributed by atoms with Gasteiger partial charge in [-0.1, -0.05) is 12.1 Å². The molecule has 22 heavy (non-hydrogen) atoms. The summed E-state index contributed by atoms with van der Waals surface area (Å²) in [5.74, 6) is -0.173. The first-order valence-electron chi connectivity index (χ1n) is 7.00. The number of carbonyl (C=O) groups excluding carboxylic acids is 2. The number of hydrogen-bond donors (Lipinski definition) is 3. The van der Waals surface area contributed by atoms with E-state index >= 15 is 0 Å². The SMILES string of the molecule is O=C(CCCNC(=O)c1ccco1)Nc1cccc(CO)c1. The average Bonchev–Trinajstić information content (AvgIpc) is 3.06. The summed E-state index contributed by atoms with van der Waals surface area (Å²) in [7, 11) is 0. The highest BCUT2D eigenvalue weighted by molar-refractivity contribution is 5.92. The van der Waals surface area contributed by atoms with Gasteiger partial charge in [-0.3, -0.25) is 9.59 Å². The fourth-order valence-corrected chi connectivity index (χ4v) is 1.92. The van der Waals surface area contributed by atoms with Gasteiger partial charge >= 0.3 is 0 Å². The third-order valence-electron chi connectivity index (χ3n) is 3.00. The van der Waals surface area contributed by atoms with E-state index in [0.29, 0.717) is 25.1 Å². The number of benzene rings is 1. The van der Waals surface area contributed by atoms with Crippen LogP contribution >= 0.6 is 0 Å². The molecule has 0 saturated carbocycles. The number of aliphatic hydroxyl groups excluding tert-OH is 1. The zero-order valence-electron chi connectivity index (χ0n) is 12.0. The summed E-state index contributed by atoms with van der Waals surface area (Å²) in [4.78, 5) is 23.4. The highest BCUT2D eigenvalue weighted by Crippen LogP contribution is 2.11. The maximum atomic E-state index is 11.8. The molecule has 0 saturated heterocycles. The minimum Gasteiger partial charge on any atom is -0.459 e. The lowest BCUT2D eigenvalue weighted by Gasteiger charge is -2.07. The highest BCUT2D eigenvalue weighted by atomic mass is 16.3. The zero-order valence-corrected chi connectivity index (χ0v) is 12.0. The second-order valence-corrected chi connectivity index (χ2v) is 4.74. The number of amides is 2. The second kappa shape index (κ2) is 7.99. The summed E-state index contributed by atoms with van der Waals surface area (Å²) in [6.07, 6.45) is 2.25. The second-order valence-electron chi connectivity index (χ2n) is 4.74. The van der Waals surface area contributed by atoms with Crippen LogP contribution < -0.4 is 10.6 Å². The number of aliphatic hydroxyl groups is 1. The molecule has 0 aliphatic carbocycles. The van der Waals surface area contributed by atoms with Crippen molar-refractivity contribution in [1.29, 1.82) is 0 Å². The molecule has 0 fully saturated rings. The molecule has 1 aromatic carbocycles. The maximum absolute atomic E-state index is 11.8. The Balaban J connectivity index is 1.68. The predicted molar refractivity (Wildman–Crippen MR) is 81.3 cm³/mol. The van der Waals surface area contributed by atoms with Crippen LogP contribution in [0.2, 0.25) is 0 Å². The van der Waals surface area contributed by atoms with Gasteiger partial charge in [0.25, 0.3) is 5.91 Å². The molecule has 2 amide bonds. The van der Waals surface area contributed by atoms with Crippen LogP contribution in [0, 0.1) is 0 Å². The molecular formula is C16H18N2O4. The molecule has 0 unspecified atom stereocenters. The molecule has 0 radical (unpaired) electrons. The molecule has 116 valence electrons. The fraction of sp³-hybridized carbons (Fsp3) is 0.250.